The molecule has 0 amide bonds. The predicted molar refractivity (Wildman–Crippen MR) is 92.3 cm³/mol. The van der Waals surface area contributed by atoms with E-state index in [9.17, 15) is 5.11 Å². The van der Waals surface area contributed by atoms with Gasteiger partial charge in [0.25, 0.3) is 0 Å². The number of rotatable bonds is 3. The lowest BCUT2D eigenvalue weighted by molar-refractivity contribution is 0.0142. The summed E-state index contributed by atoms with van der Waals surface area (Å²) in [6, 6.07) is 6.55. The fourth-order valence-corrected chi connectivity index (χ4v) is 5.12. The minimum absolute atomic E-state index is 0.262. The standard InChI is InChI=1S/C20H29NO/c1-4-12-21-13-11-20(10-6-5-7-18(20)16(21)3)19-14-17(22)9-8-15(19)2/h4,8-9,14,16,18,22H,1,5-7,10-13H2,2-3H3. The van der Waals surface area contributed by atoms with Crippen LogP contribution in [0.5, 0.6) is 5.75 Å². The number of hydrogen-bond acceptors (Lipinski definition) is 2. The fraction of sp³-hybridized carbons (Fsp3) is 0.600. The van der Waals surface area contributed by atoms with Gasteiger partial charge in [-0.15, -0.1) is 6.58 Å². The summed E-state index contributed by atoms with van der Waals surface area (Å²) >= 11 is 0. The molecular formula is C20H29NO. The number of fused-ring (bicyclic) bond motifs is 1. The zero-order valence-electron chi connectivity index (χ0n) is 14.0. The number of likely N-dealkylation sites (tertiary alicyclic amines) is 1. The molecule has 3 unspecified atom stereocenters. The van der Waals surface area contributed by atoms with E-state index in [1.54, 1.807) is 0 Å². The SMILES string of the molecule is C=CCN1CCC2(c3cc(O)ccc3C)CCCCC2C1C. The van der Waals surface area contributed by atoms with Crippen LogP contribution in [0.1, 0.15) is 50.2 Å². The van der Waals surface area contributed by atoms with Crippen molar-refractivity contribution in [2.45, 2.75) is 57.4 Å². The summed E-state index contributed by atoms with van der Waals surface area (Å²) in [4.78, 5) is 2.58. The molecule has 1 aliphatic heterocycles. The molecule has 1 N–H and O–H groups in total. The summed E-state index contributed by atoms with van der Waals surface area (Å²) in [5, 5.41) is 10.0. The van der Waals surface area contributed by atoms with Gasteiger partial charge in [0, 0.05) is 18.0 Å². The molecule has 2 heteroatoms. The van der Waals surface area contributed by atoms with Crippen LogP contribution < -0.4 is 0 Å². The Labute approximate surface area is 134 Å². The van der Waals surface area contributed by atoms with Gasteiger partial charge in [-0.25, -0.2) is 0 Å². The van der Waals surface area contributed by atoms with E-state index in [0.717, 1.165) is 13.1 Å². The van der Waals surface area contributed by atoms with Crippen LogP contribution in [-0.4, -0.2) is 29.1 Å². The first kappa shape index (κ1) is 15.6. The molecule has 1 saturated heterocycles. The van der Waals surface area contributed by atoms with E-state index < -0.39 is 0 Å². The highest BCUT2D eigenvalue weighted by atomic mass is 16.3. The lowest BCUT2D eigenvalue weighted by Gasteiger charge is -2.55. The van der Waals surface area contributed by atoms with Crippen LogP contribution >= 0.6 is 0 Å². The first-order valence-corrected chi connectivity index (χ1v) is 8.73. The summed E-state index contributed by atoms with van der Waals surface area (Å²) < 4.78 is 0. The molecule has 2 aliphatic rings. The Kier molecular flexibility index (Phi) is 4.31. The lowest BCUT2D eigenvalue weighted by atomic mass is 9.56. The number of phenolic OH excluding ortho intramolecular Hbond substituents is 1. The van der Waals surface area contributed by atoms with E-state index in [2.05, 4.69) is 31.4 Å². The Balaban J connectivity index is 2.02. The normalized spacial score (nSPS) is 32.5. The molecule has 3 atom stereocenters. The number of benzene rings is 1. The quantitative estimate of drug-likeness (QED) is 0.836. The smallest absolute Gasteiger partial charge is 0.115 e. The molecule has 1 saturated carbocycles. The molecule has 0 spiro atoms. The van der Waals surface area contributed by atoms with Crippen LogP contribution in [0.4, 0.5) is 0 Å². The average molecular weight is 299 g/mol. The van der Waals surface area contributed by atoms with E-state index >= 15 is 0 Å². The molecular weight excluding hydrogens is 270 g/mol. The largest absolute Gasteiger partial charge is 0.508 e. The number of piperidine rings is 1. The van der Waals surface area contributed by atoms with Gasteiger partial charge in [0.2, 0.25) is 0 Å². The summed E-state index contributed by atoms with van der Waals surface area (Å²) in [5.41, 5.74) is 3.01. The highest BCUT2D eigenvalue weighted by molar-refractivity contribution is 5.41. The molecule has 1 heterocycles. The third-order valence-corrected chi connectivity index (χ3v) is 6.22. The highest BCUT2D eigenvalue weighted by Gasteiger charge is 2.49. The summed E-state index contributed by atoms with van der Waals surface area (Å²) in [7, 11) is 0. The van der Waals surface area contributed by atoms with Crippen LogP contribution in [0, 0.1) is 12.8 Å². The molecule has 0 radical (unpaired) electrons. The van der Waals surface area contributed by atoms with Gasteiger partial charge in [0.05, 0.1) is 0 Å². The van der Waals surface area contributed by atoms with Crippen molar-refractivity contribution >= 4 is 0 Å². The molecule has 0 bridgehead atoms. The van der Waals surface area contributed by atoms with Crippen LogP contribution in [0.3, 0.4) is 0 Å². The van der Waals surface area contributed by atoms with Gasteiger partial charge >= 0.3 is 0 Å². The first-order chi connectivity index (χ1) is 10.6. The third kappa shape index (κ3) is 2.48. The van der Waals surface area contributed by atoms with Crippen LogP contribution in [-0.2, 0) is 5.41 Å². The van der Waals surface area contributed by atoms with Crippen LogP contribution in [0.15, 0.2) is 30.9 Å². The number of aromatic hydroxyl groups is 1. The Morgan fingerprint density at radius 2 is 2.18 bits per heavy atom. The lowest BCUT2D eigenvalue weighted by Crippen LogP contribution is -2.56. The number of aryl methyl sites for hydroxylation is 1. The zero-order chi connectivity index (χ0) is 15.7. The maximum absolute atomic E-state index is 10.0. The highest BCUT2D eigenvalue weighted by Crippen LogP contribution is 2.52. The summed E-state index contributed by atoms with van der Waals surface area (Å²) in [6.07, 6.45) is 8.49. The van der Waals surface area contributed by atoms with E-state index in [1.807, 2.05) is 18.2 Å². The Hall–Kier alpha value is -1.28. The van der Waals surface area contributed by atoms with Gasteiger partial charge in [-0.3, -0.25) is 4.90 Å². The monoisotopic (exact) mass is 299 g/mol. The molecule has 3 rings (SSSR count). The van der Waals surface area contributed by atoms with Gasteiger partial charge in [-0.2, -0.15) is 0 Å². The summed E-state index contributed by atoms with van der Waals surface area (Å²) in [6.45, 7) is 10.6. The topological polar surface area (TPSA) is 23.5 Å². The number of hydrogen-bond donors (Lipinski definition) is 1. The maximum atomic E-state index is 10.0. The van der Waals surface area contributed by atoms with Crippen molar-refractivity contribution in [2.24, 2.45) is 5.92 Å². The van der Waals surface area contributed by atoms with Crippen molar-refractivity contribution in [3.05, 3.63) is 42.0 Å². The van der Waals surface area contributed by atoms with Crippen LogP contribution in [0.2, 0.25) is 0 Å². The fourth-order valence-electron chi connectivity index (χ4n) is 5.12. The molecule has 2 nitrogen and oxygen atoms in total. The number of nitrogens with zero attached hydrogens (tertiary/aromatic N) is 1. The van der Waals surface area contributed by atoms with Crippen molar-refractivity contribution in [1.82, 2.24) is 4.90 Å². The first-order valence-electron chi connectivity index (χ1n) is 8.73. The van der Waals surface area contributed by atoms with E-state index in [4.69, 9.17) is 0 Å². The predicted octanol–water partition coefficient (Wildman–Crippen LogP) is 4.41. The van der Waals surface area contributed by atoms with Crippen molar-refractivity contribution < 1.29 is 5.11 Å². The van der Waals surface area contributed by atoms with Crippen molar-refractivity contribution in [2.75, 3.05) is 13.1 Å². The van der Waals surface area contributed by atoms with E-state index in [-0.39, 0.29) is 5.41 Å². The molecule has 2 fully saturated rings. The average Bonchev–Trinajstić information content (AvgIpc) is 2.53. The molecule has 0 aromatic heterocycles. The zero-order valence-corrected chi connectivity index (χ0v) is 14.0. The van der Waals surface area contributed by atoms with Crippen molar-refractivity contribution in [3.8, 4) is 5.75 Å². The number of phenols is 1. The Morgan fingerprint density at radius 3 is 2.95 bits per heavy atom. The van der Waals surface area contributed by atoms with Gasteiger partial charge in [0.15, 0.2) is 0 Å². The Morgan fingerprint density at radius 1 is 1.36 bits per heavy atom. The van der Waals surface area contributed by atoms with Crippen molar-refractivity contribution in [3.63, 3.8) is 0 Å². The second-order valence-corrected chi connectivity index (χ2v) is 7.28. The Bertz CT molecular complexity index is 553. The third-order valence-electron chi connectivity index (χ3n) is 6.22. The molecule has 22 heavy (non-hydrogen) atoms. The van der Waals surface area contributed by atoms with Gasteiger partial charge < -0.3 is 5.11 Å². The molecule has 1 aromatic carbocycles. The molecule has 120 valence electrons. The van der Waals surface area contributed by atoms with Crippen LogP contribution in [0.25, 0.3) is 0 Å². The maximum Gasteiger partial charge on any atom is 0.115 e. The minimum atomic E-state index is 0.262. The minimum Gasteiger partial charge on any atom is -0.508 e. The second kappa shape index (κ2) is 6.08. The van der Waals surface area contributed by atoms with Gasteiger partial charge in [-0.05, 0) is 68.8 Å². The van der Waals surface area contributed by atoms with Crippen molar-refractivity contribution in [1.29, 1.82) is 0 Å². The van der Waals surface area contributed by atoms with Gasteiger partial charge in [-0.1, -0.05) is 25.0 Å². The molecule has 1 aliphatic carbocycles. The summed E-state index contributed by atoms with van der Waals surface area (Å²) in [5.74, 6) is 1.11. The second-order valence-electron chi connectivity index (χ2n) is 7.28. The van der Waals surface area contributed by atoms with Gasteiger partial charge in [0.1, 0.15) is 5.75 Å². The molecule has 1 aromatic rings. The van der Waals surface area contributed by atoms with E-state index in [0.29, 0.717) is 17.7 Å². The van der Waals surface area contributed by atoms with E-state index in [1.165, 1.54) is 43.2 Å².